The molecule has 1 fully saturated rings. The fourth-order valence-electron chi connectivity index (χ4n) is 3.67. The van der Waals surface area contributed by atoms with E-state index in [1.165, 1.54) is 42.5 Å². The van der Waals surface area contributed by atoms with Gasteiger partial charge in [0, 0.05) is 43.5 Å². The number of hydrogen-bond donors (Lipinski definition) is 1. The lowest BCUT2D eigenvalue weighted by molar-refractivity contribution is 0.212. The zero-order valence-corrected chi connectivity index (χ0v) is 13.4. The van der Waals surface area contributed by atoms with Gasteiger partial charge >= 0.3 is 0 Å². The van der Waals surface area contributed by atoms with Crippen molar-refractivity contribution in [3.63, 3.8) is 0 Å². The van der Waals surface area contributed by atoms with Gasteiger partial charge in [0.15, 0.2) is 0 Å². The SMILES string of the molecule is CCC1CN(c2nc3c(cc2CN)CCCC3)CCN1C. The molecule has 0 spiro atoms. The van der Waals surface area contributed by atoms with Gasteiger partial charge in [0.1, 0.15) is 5.82 Å². The lowest BCUT2D eigenvalue weighted by atomic mass is 9.94. The van der Waals surface area contributed by atoms with Crippen LogP contribution in [0, 0.1) is 0 Å². The molecule has 4 nitrogen and oxygen atoms in total. The average molecular weight is 288 g/mol. The van der Waals surface area contributed by atoms with E-state index in [0.717, 1.165) is 31.9 Å². The predicted octanol–water partition coefficient (Wildman–Crippen LogP) is 1.95. The van der Waals surface area contributed by atoms with E-state index in [4.69, 9.17) is 10.7 Å². The third-order valence-corrected chi connectivity index (χ3v) is 5.12. The van der Waals surface area contributed by atoms with Gasteiger partial charge in [-0.3, -0.25) is 4.90 Å². The molecule has 21 heavy (non-hydrogen) atoms. The maximum atomic E-state index is 6.01. The van der Waals surface area contributed by atoms with E-state index in [0.29, 0.717) is 12.6 Å². The van der Waals surface area contributed by atoms with Gasteiger partial charge in [-0.15, -0.1) is 0 Å². The first-order valence-electron chi connectivity index (χ1n) is 8.39. The molecule has 1 atom stereocenters. The second-order valence-electron chi connectivity index (χ2n) is 6.48. The van der Waals surface area contributed by atoms with Crippen molar-refractivity contribution in [3.8, 4) is 0 Å². The molecule has 1 unspecified atom stereocenters. The maximum absolute atomic E-state index is 6.01. The van der Waals surface area contributed by atoms with E-state index in [-0.39, 0.29) is 0 Å². The molecular weight excluding hydrogens is 260 g/mol. The summed E-state index contributed by atoms with van der Waals surface area (Å²) in [6, 6.07) is 2.96. The minimum absolute atomic E-state index is 0.596. The fourth-order valence-corrected chi connectivity index (χ4v) is 3.67. The topological polar surface area (TPSA) is 45.4 Å². The van der Waals surface area contributed by atoms with Crippen LogP contribution in [-0.2, 0) is 19.4 Å². The molecule has 1 aromatic heterocycles. The van der Waals surface area contributed by atoms with Crippen molar-refractivity contribution in [2.24, 2.45) is 5.73 Å². The Morgan fingerprint density at radius 2 is 2.10 bits per heavy atom. The molecule has 2 heterocycles. The average Bonchev–Trinajstić information content (AvgIpc) is 2.54. The van der Waals surface area contributed by atoms with Gasteiger partial charge in [0.05, 0.1) is 0 Å². The third-order valence-electron chi connectivity index (χ3n) is 5.12. The first-order chi connectivity index (χ1) is 10.2. The Hall–Kier alpha value is -1.13. The number of nitrogens with zero attached hydrogens (tertiary/aromatic N) is 3. The summed E-state index contributed by atoms with van der Waals surface area (Å²) in [4.78, 5) is 9.96. The summed E-state index contributed by atoms with van der Waals surface area (Å²) < 4.78 is 0. The van der Waals surface area contributed by atoms with Crippen molar-refractivity contribution in [2.45, 2.75) is 51.6 Å². The van der Waals surface area contributed by atoms with Crippen LogP contribution in [0.25, 0.3) is 0 Å². The van der Waals surface area contributed by atoms with E-state index < -0.39 is 0 Å². The minimum Gasteiger partial charge on any atom is -0.353 e. The lowest BCUT2D eigenvalue weighted by Gasteiger charge is -2.40. The van der Waals surface area contributed by atoms with Crippen LogP contribution < -0.4 is 10.6 Å². The van der Waals surface area contributed by atoms with Crippen LogP contribution in [-0.4, -0.2) is 42.6 Å². The molecule has 0 saturated carbocycles. The molecule has 3 rings (SSSR count). The molecule has 1 aromatic rings. The van der Waals surface area contributed by atoms with E-state index >= 15 is 0 Å². The lowest BCUT2D eigenvalue weighted by Crippen LogP contribution is -2.51. The molecule has 0 aromatic carbocycles. The quantitative estimate of drug-likeness (QED) is 0.923. The molecule has 116 valence electrons. The second kappa shape index (κ2) is 6.32. The number of hydrogen-bond acceptors (Lipinski definition) is 4. The number of aryl methyl sites for hydroxylation is 2. The fraction of sp³-hybridized carbons (Fsp3) is 0.706. The van der Waals surface area contributed by atoms with Crippen molar-refractivity contribution in [2.75, 3.05) is 31.6 Å². The summed E-state index contributed by atoms with van der Waals surface area (Å²) in [5.41, 5.74) is 10.00. The first kappa shape index (κ1) is 14.8. The Labute approximate surface area is 128 Å². The number of aromatic nitrogens is 1. The number of nitrogens with two attached hydrogens (primary N) is 1. The van der Waals surface area contributed by atoms with Crippen molar-refractivity contribution in [1.29, 1.82) is 0 Å². The molecule has 1 saturated heterocycles. The Kier molecular flexibility index (Phi) is 4.45. The largest absolute Gasteiger partial charge is 0.353 e. The highest BCUT2D eigenvalue weighted by Gasteiger charge is 2.26. The van der Waals surface area contributed by atoms with E-state index in [1.807, 2.05) is 0 Å². The molecule has 2 aliphatic rings. The van der Waals surface area contributed by atoms with Crippen LogP contribution in [0.15, 0.2) is 6.07 Å². The van der Waals surface area contributed by atoms with Crippen LogP contribution >= 0.6 is 0 Å². The zero-order chi connectivity index (χ0) is 14.8. The Bertz CT molecular complexity index is 500. The molecule has 2 N–H and O–H groups in total. The van der Waals surface area contributed by atoms with Crippen molar-refractivity contribution < 1.29 is 0 Å². The maximum Gasteiger partial charge on any atom is 0.133 e. The van der Waals surface area contributed by atoms with Gasteiger partial charge in [0.25, 0.3) is 0 Å². The number of likely N-dealkylation sites (N-methyl/N-ethyl adjacent to an activating group) is 1. The number of piperazine rings is 1. The Morgan fingerprint density at radius 1 is 1.29 bits per heavy atom. The van der Waals surface area contributed by atoms with Gasteiger partial charge in [-0.1, -0.05) is 6.92 Å². The van der Waals surface area contributed by atoms with Crippen LogP contribution in [0.2, 0.25) is 0 Å². The summed E-state index contributed by atoms with van der Waals surface area (Å²) in [6.45, 7) is 6.12. The minimum atomic E-state index is 0.596. The normalized spacial score (nSPS) is 23.2. The smallest absolute Gasteiger partial charge is 0.133 e. The van der Waals surface area contributed by atoms with Gasteiger partial charge < -0.3 is 10.6 Å². The van der Waals surface area contributed by atoms with Crippen molar-refractivity contribution in [1.82, 2.24) is 9.88 Å². The van der Waals surface area contributed by atoms with E-state index in [1.54, 1.807) is 0 Å². The second-order valence-corrected chi connectivity index (χ2v) is 6.48. The van der Waals surface area contributed by atoms with E-state index in [9.17, 15) is 0 Å². The van der Waals surface area contributed by atoms with Crippen LogP contribution in [0.1, 0.15) is 43.0 Å². The summed E-state index contributed by atoms with van der Waals surface area (Å²) in [7, 11) is 2.23. The Morgan fingerprint density at radius 3 is 2.86 bits per heavy atom. The van der Waals surface area contributed by atoms with Crippen molar-refractivity contribution in [3.05, 3.63) is 22.9 Å². The predicted molar refractivity (Wildman–Crippen MR) is 87.7 cm³/mol. The molecule has 0 amide bonds. The summed E-state index contributed by atoms with van der Waals surface area (Å²) in [5.74, 6) is 1.16. The number of pyridine rings is 1. The van der Waals surface area contributed by atoms with Crippen LogP contribution in [0.5, 0.6) is 0 Å². The van der Waals surface area contributed by atoms with Gasteiger partial charge in [-0.05, 0) is 50.8 Å². The third kappa shape index (κ3) is 2.92. The number of fused-ring (bicyclic) bond motifs is 1. The van der Waals surface area contributed by atoms with Crippen molar-refractivity contribution >= 4 is 5.82 Å². The summed E-state index contributed by atoms with van der Waals surface area (Å²) >= 11 is 0. The summed E-state index contributed by atoms with van der Waals surface area (Å²) in [5, 5.41) is 0. The molecule has 1 aliphatic carbocycles. The van der Waals surface area contributed by atoms with Gasteiger partial charge in [0.2, 0.25) is 0 Å². The highest BCUT2D eigenvalue weighted by atomic mass is 15.3. The van der Waals surface area contributed by atoms with Gasteiger partial charge in [-0.2, -0.15) is 0 Å². The van der Waals surface area contributed by atoms with Crippen LogP contribution in [0.3, 0.4) is 0 Å². The summed E-state index contributed by atoms with van der Waals surface area (Å²) in [6.07, 6.45) is 6.08. The molecule has 0 radical (unpaired) electrons. The standard InChI is InChI=1S/C17H28N4/c1-3-15-12-21(9-8-20(15)2)17-14(11-18)10-13-6-4-5-7-16(13)19-17/h10,15H,3-9,11-12,18H2,1-2H3. The monoisotopic (exact) mass is 288 g/mol. The van der Waals surface area contributed by atoms with E-state index in [2.05, 4.69) is 29.8 Å². The molecular formula is C17H28N4. The van der Waals surface area contributed by atoms with Gasteiger partial charge in [-0.25, -0.2) is 4.98 Å². The highest BCUT2D eigenvalue weighted by molar-refractivity contribution is 5.51. The highest BCUT2D eigenvalue weighted by Crippen LogP contribution is 2.28. The zero-order valence-electron chi connectivity index (χ0n) is 13.4. The first-order valence-corrected chi connectivity index (χ1v) is 8.39. The molecule has 0 bridgehead atoms. The Balaban J connectivity index is 1.90. The molecule has 4 heteroatoms. The number of anilines is 1. The van der Waals surface area contributed by atoms with Crippen LogP contribution in [0.4, 0.5) is 5.82 Å². The number of rotatable bonds is 3. The molecule has 1 aliphatic heterocycles.